The van der Waals surface area contributed by atoms with Gasteiger partial charge >= 0.3 is 0 Å². The number of ether oxygens (including phenoxy) is 1. The molecule has 1 saturated carbocycles. The monoisotopic (exact) mass is 450 g/mol. The summed E-state index contributed by atoms with van der Waals surface area (Å²) in [5.74, 6) is 1.39. The van der Waals surface area contributed by atoms with Crippen molar-refractivity contribution in [1.29, 1.82) is 0 Å². The standard InChI is InChI=1S/C26H30N2O3S/c29-25(27-16-9-17-32-21-12-5-2-6-13-21)19-28-22-14-7-8-15-23(22)31-24(26(28)30)18-20-10-3-1-4-11-20/h1,3-4,7-8,10-11,14-15,18,21H,2,5-6,9,12-13,16-17,19H2,(H,27,29)/b24-18+. The zero-order valence-electron chi connectivity index (χ0n) is 18.3. The number of nitrogens with one attached hydrogen (secondary N) is 1. The number of anilines is 1. The average Bonchev–Trinajstić information content (AvgIpc) is 2.83. The maximum absolute atomic E-state index is 13.1. The van der Waals surface area contributed by atoms with Crippen LogP contribution in [-0.4, -0.2) is 35.9 Å². The van der Waals surface area contributed by atoms with E-state index in [9.17, 15) is 9.59 Å². The molecule has 0 bridgehead atoms. The molecule has 2 amide bonds. The number of benzene rings is 2. The summed E-state index contributed by atoms with van der Waals surface area (Å²) in [6, 6.07) is 16.9. The molecule has 168 valence electrons. The Morgan fingerprint density at radius 3 is 2.62 bits per heavy atom. The molecule has 6 heteroatoms. The zero-order chi connectivity index (χ0) is 22.2. The third-order valence-electron chi connectivity index (χ3n) is 5.78. The third-order valence-corrected chi connectivity index (χ3v) is 7.25. The van der Waals surface area contributed by atoms with Gasteiger partial charge in [0, 0.05) is 11.8 Å². The summed E-state index contributed by atoms with van der Waals surface area (Å²) in [6.45, 7) is 0.604. The molecule has 2 aromatic rings. The Balaban J connectivity index is 1.34. The SMILES string of the molecule is O=C(CN1C(=O)/C(=C\c2ccccc2)Oc2ccccc21)NCCCSC1CCCCC1. The van der Waals surface area contributed by atoms with Crippen LogP contribution in [0.15, 0.2) is 60.4 Å². The van der Waals surface area contributed by atoms with Crippen LogP contribution >= 0.6 is 11.8 Å². The predicted molar refractivity (Wildman–Crippen MR) is 131 cm³/mol. The quantitative estimate of drug-likeness (QED) is 0.453. The van der Waals surface area contributed by atoms with Gasteiger partial charge < -0.3 is 10.1 Å². The summed E-state index contributed by atoms with van der Waals surface area (Å²) in [4.78, 5) is 27.3. The number of fused-ring (bicyclic) bond motifs is 1. The highest BCUT2D eigenvalue weighted by Gasteiger charge is 2.31. The molecule has 0 radical (unpaired) electrons. The van der Waals surface area contributed by atoms with Crippen LogP contribution in [0.5, 0.6) is 5.75 Å². The van der Waals surface area contributed by atoms with E-state index < -0.39 is 0 Å². The van der Waals surface area contributed by atoms with E-state index in [1.54, 1.807) is 12.1 Å². The summed E-state index contributed by atoms with van der Waals surface area (Å²) in [5.41, 5.74) is 1.49. The number of carbonyl (C=O) groups is 2. The Hall–Kier alpha value is -2.73. The van der Waals surface area contributed by atoms with Gasteiger partial charge in [0.2, 0.25) is 5.91 Å². The first-order valence-corrected chi connectivity index (χ1v) is 12.5. The summed E-state index contributed by atoms with van der Waals surface area (Å²) < 4.78 is 5.87. The van der Waals surface area contributed by atoms with Gasteiger partial charge in [-0.2, -0.15) is 11.8 Å². The predicted octanol–water partition coefficient (Wildman–Crippen LogP) is 5.03. The number of carbonyl (C=O) groups excluding carboxylic acids is 2. The molecular formula is C26H30N2O3S. The van der Waals surface area contributed by atoms with Crippen LogP contribution in [0.4, 0.5) is 5.69 Å². The first kappa shape index (κ1) is 22.5. The minimum Gasteiger partial charge on any atom is -0.449 e. The first-order chi connectivity index (χ1) is 15.7. The van der Waals surface area contributed by atoms with Crippen molar-refractivity contribution < 1.29 is 14.3 Å². The largest absolute Gasteiger partial charge is 0.449 e. The van der Waals surface area contributed by atoms with Crippen LogP contribution < -0.4 is 15.0 Å². The van der Waals surface area contributed by atoms with Gasteiger partial charge in [-0.15, -0.1) is 0 Å². The van der Waals surface area contributed by atoms with Crippen molar-refractivity contribution in [3.8, 4) is 5.75 Å². The molecule has 0 saturated heterocycles. The Morgan fingerprint density at radius 1 is 1.06 bits per heavy atom. The number of para-hydroxylation sites is 2. The van der Waals surface area contributed by atoms with E-state index in [4.69, 9.17) is 4.74 Å². The van der Waals surface area contributed by atoms with Gasteiger partial charge in [0.05, 0.1) is 5.69 Å². The van der Waals surface area contributed by atoms with Gasteiger partial charge in [-0.25, -0.2) is 0 Å². The molecule has 5 nitrogen and oxygen atoms in total. The summed E-state index contributed by atoms with van der Waals surface area (Å²) in [6.07, 6.45) is 9.39. The van der Waals surface area contributed by atoms with E-state index in [0.717, 1.165) is 23.0 Å². The average molecular weight is 451 g/mol. The van der Waals surface area contributed by atoms with Crippen molar-refractivity contribution in [2.24, 2.45) is 0 Å². The second-order valence-electron chi connectivity index (χ2n) is 8.21. The second-order valence-corrected chi connectivity index (χ2v) is 9.62. The fraction of sp³-hybridized carbons (Fsp3) is 0.385. The normalized spacial score (nSPS) is 17.7. The topological polar surface area (TPSA) is 58.6 Å². The third kappa shape index (κ3) is 5.94. The molecule has 4 rings (SSSR count). The van der Waals surface area contributed by atoms with Gasteiger partial charge in [0.25, 0.3) is 5.91 Å². The molecule has 1 aliphatic carbocycles. The van der Waals surface area contributed by atoms with E-state index in [1.807, 2.05) is 60.3 Å². The highest BCUT2D eigenvalue weighted by molar-refractivity contribution is 7.99. The van der Waals surface area contributed by atoms with E-state index >= 15 is 0 Å². The van der Waals surface area contributed by atoms with Gasteiger partial charge in [0.15, 0.2) is 11.5 Å². The highest BCUT2D eigenvalue weighted by Crippen LogP contribution is 2.35. The van der Waals surface area contributed by atoms with E-state index in [1.165, 1.54) is 37.0 Å². The Kier molecular flexibility index (Phi) is 7.88. The smallest absolute Gasteiger partial charge is 0.294 e. The fourth-order valence-corrected chi connectivity index (χ4v) is 5.41. The highest BCUT2D eigenvalue weighted by atomic mass is 32.2. The maximum atomic E-state index is 13.1. The van der Waals surface area contributed by atoms with Crippen LogP contribution in [-0.2, 0) is 9.59 Å². The molecule has 1 fully saturated rings. The molecule has 1 aliphatic heterocycles. The zero-order valence-corrected chi connectivity index (χ0v) is 19.1. The molecular weight excluding hydrogens is 420 g/mol. The minimum atomic E-state index is -0.310. The summed E-state index contributed by atoms with van der Waals surface area (Å²) >= 11 is 2.04. The first-order valence-electron chi connectivity index (χ1n) is 11.4. The second kappa shape index (κ2) is 11.2. The van der Waals surface area contributed by atoms with Gasteiger partial charge in [-0.1, -0.05) is 61.7 Å². The molecule has 0 aromatic heterocycles. The summed E-state index contributed by atoms with van der Waals surface area (Å²) in [7, 11) is 0. The lowest BCUT2D eigenvalue weighted by Gasteiger charge is -2.30. The molecule has 1 heterocycles. The van der Waals surface area contributed by atoms with E-state index in [-0.39, 0.29) is 24.1 Å². The summed E-state index contributed by atoms with van der Waals surface area (Å²) in [5, 5.41) is 3.77. The Morgan fingerprint density at radius 2 is 1.81 bits per heavy atom. The molecule has 0 atom stereocenters. The van der Waals surface area contributed by atoms with Crippen molar-refractivity contribution >= 4 is 35.3 Å². The van der Waals surface area contributed by atoms with Gasteiger partial charge in [-0.05, 0) is 48.8 Å². The van der Waals surface area contributed by atoms with Crippen molar-refractivity contribution in [2.75, 3.05) is 23.7 Å². The molecule has 0 spiro atoms. The van der Waals surface area contributed by atoms with Crippen molar-refractivity contribution in [2.45, 2.75) is 43.8 Å². The van der Waals surface area contributed by atoms with Crippen LogP contribution in [0.1, 0.15) is 44.1 Å². The number of thioether (sulfide) groups is 1. The minimum absolute atomic E-state index is 0.0267. The van der Waals surface area contributed by atoms with Gasteiger partial charge in [0.1, 0.15) is 6.54 Å². The Labute approximate surface area is 194 Å². The lowest BCUT2D eigenvalue weighted by molar-refractivity contribution is -0.123. The number of nitrogens with zero attached hydrogens (tertiary/aromatic N) is 1. The number of hydrogen-bond donors (Lipinski definition) is 1. The van der Waals surface area contributed by atoms with Crippen LogP contribution in [0, 0.1) is 0 Å². The van der Waals surface area contributed by atoms with Crippen molar-refractivity contribution in [3.05, 3.63) is 65.9 Å². The fourth-order valence-electron chi connectivity index (χ4n) is 4.10. The number of hydrogen-bond acceptors (Lipinski definition) is 4. The lowest BCUT2D eigenvalue weighted by Crippen LogP contribution is -2.44. The Bertz CT molecular complexity index is 955. The van der Waals surface area contributed by atoms with Crippen molar-refractivity contribution in [3.63, 3.8) is 0 Å². The molecule has 2 aliphatic rings. The maximum Gasteiger partial charge on any atom is 0.294 e. The molecule has 32 heavy (non-hydrogen) atoms. The molecule has 1 N–H and O–H groups in total. The number of rotatable bonds is 8. The number of amides is 2. The van der Waals surface area contributed by atoms with Crippen LogP contribution in [0.2, 0.25) is 0 Å². The van der Waals surface area contributed by atoms with Crippen molar-refractivity contribution in [1.82, 2.24) is 5.32 Å². The van der Waals surface area contributed by atoms with Gasteiger partial charge in [-0.3, -0.25) is 14.5 Å². The van der Waals surface area contributed by atoms with Crippen LogP contribution in [0.3, 0.4) is 0 Å². The lowest BCUT2D eigenvalue weighted by atomic mass is 10.0. The van der Waals surface area contributed by atoms with Crippen LogP contribution in [0.25, 0.3) is 6.08 Å². The molecule has 0 unspecified atom stereocenters. The van der Waals surface area contributed by atoms with E-state index in [2.05, 4.69) is 5.32 Å². The van der Waals surface area contributed by atoms with E-state index in [0.29, 0.717) is 18.0 Å². The molecule has 2 aromatic carbocycles.